The van der Waals surface area contributed by atoms with Crippen molar-refractivity contribution >= 4 is 5.91 Å². The number of piperidine rings is 1. The Morgan fingerprint density at radius 2 is 1.75 bits per heavy atom. The molecule has 0 radical (unpaired) electrons. The van der Waals surface area contributed by atoms with Crippen LogP contribution in [0.3, 0.4) is 0 Å². The predicted octanol–water partition coefficient (Wildman–Crippen LogP) is 2.64. The first kappa shape index (κ1) is 17.1. The standard InChI is InChI=1S/C19H28N2O3/c1-14-16-12-18(24-3)17(23-2)11-15(16)7-10-21(14)19(22)13-20-8-5-4-6-9-20/h11-12,14H,4-10,13H2,1-3H3/t14-/m0/s1. The van der Waals surface area contributed by atoms with Crippen LogP contribution in [0.15, 0.2) is 12.1 Å². The van der Waals surface area contributed by atoms with Crippen molar-refractivity contribution in [3.63, 3.8) is 0 Å². The van der Waals surface area contributed by atoms with Crippen molar-refractivity contribution in [1.29, 1.82) is 0 Å². The number of nitrogens with zero attached hydrogens (tertiary/aromatic N) is 2. The average molecular weight is 332 g/mol. The summed E-state index contributed by atoms with van der Waals surface area (Å²) in [5.41, 5.74) is 2.42. The van der Waals surface area contributed by atoms with Gasteiger partial charge in [-0.1, -0.05) is 6.42 Å². The molecule has 2 aliphatic heterocycles. The second-order valence-electron chi connectivity index (χ2n) is 6.76. The molecule has 5 nitrogen and oxygen atoms in total. The first-order chi connectivity index (χ1) is 11.6. The monoisotopic (exact) mass is 332 g/mol. The number of ether oxygens (including phenoxy) is 2. The number of carbonyl (C=O) groups is 1. The Bertz CT molecular complexity index is 597. The first-order valence-electron chi connectivity index (χ1n) is 8.90. The molecule has 0 aliphatic carbocycles. The number of carbonyl (C=O) groups excluding carboxylic acids is 1. The fourth-order valence-corrected chi connectivity index (χ4v) is 3.88. The molecule has 0 bridgehead atoms. The lowest BCUT2D eigenvalue weighted by atomic mass is 9.92. The van der Waals surface area contributed by atoms with E-state index in [-0.39, 0.29) is 11.9 Å². The van der Waals surface area contributed by atoms with Crippen molar-refractivity contribution < 1.29 is 14.3 Å². The third-order valence-electron chi connectivity index (χ3n) is 5.31. The number of benzene rings is 1. The normalized spacial score (nSPS) is 21.3. The van der Waals surface area contributed by atoms with Crippen molar-refractivity contribution in [3.05, 3.63) is 23.3 Å². The fourth-order valence-electron chi connectivity index (χ4n) is 3.88. The second-order valence-corrected chi connectivity index (χ2v) is 6.76. The highest BCUT2D eigenvalue weighted by Gasteiger charge is 2.30. The van der Waals surface area contributed by atoms with E-state index < -0.39 is 0 Å². The third-order valence-corrected chi connectivity index (χ3v) is 5.31. The first-order valence-corrected chi connectivity index (χ1v) is 8.90. The Hall–Kier alpha value is -1.75. The number of rotatable bonds is 4. The zero-order valence-corrected chi connectivity index (χ0v) is 15.0. The number of hydrogen-bond donors (Lipinski definition) is 0. The van der Waals surface area contributed by atoms with Gasteiger partial charge in [0.1, 0.15) is 0 Å². The topological polar surface area (TPSA) is 42.0 Å². The fraction of sp³-hybridized carbons (Fsp3) is 0.632. The van der Waals surface area contributed by atoms with E-state index in [2.05, 4.69) is 17.9 Å². The van der Waals surface area contributed by atoms with E-state index in [0.29, 0.717) is 6.54 Å². The van der Waals surface area contributed by atoms with Crippen LogP contribution in [0.5, 0.6) is 11.5 Å². The largest absolute Gasteiger partial charge is 0.493 e. The molecule has 1 aromatic rings. The van der Waals surface area contributed by atoms with Crippen LogP contribution in [0.1, 0.15) is 43.4 Å². The Morgan fingerprint density at radius 1 is 1.08 bits per heavy atom. The highest BCUT2D eigenvalue weighted by Crippen LogP contribution is 2.37. The summed E-state index contributed by atoms with van der Waals surface area (Å²) >= 11 is 0. The predicted molar refractivity (Wildman–Crippen MR) is 93.7 cm³/mol. The van der Waals surface area contributed by atoms with Gasteiger partial charge in [0.2, 0.25) is 5.91 Å². The van der Waals surface area contributed by atoms with Gasteiger partial charge < -0.3 is 14.4 Å². The summed E-state index contributed by atoms with van der Waals surface area (Å²) < 4.78 is 10.8. The average Bonchev–Trinajstić information content (AvgIpc) is 2.61. The molecule has 24 heavy (non-hydrogen) atoms. The lowest BCUT2D eigenvalue weighted by Crippen LogP contribution is -2.45. The van der Waals surface area contributed by atoms with Gasteiger partial charge in [-0.15, -0.1) is 0 Å². The molecule has 1 saturated heterocycles. The van der Waals surface area contributed by atoms with E-state index >= 15 is 0 Å². The third kappa shape index (κ3) is 3.36. The molecular weight excluding hydrogens is 304 g/mol. The molecular formula is C19H28N2O3. The minimum absolute atomic E-state index is 0.0749. The van der Waals surface area contributed by atoms with E-state index in [0.717, 1.165) is 37.6 Å². The molecule has 0 N–H and O–H groups in total. The van der Waals surface area contributed by atoms with E-state index in [4.69, 9.17) is 9.47 Å². The van der Waals surface area contributed by atoms with Gasteiger partial charge in [-0.05, 0) is 62.5 Å². The molecule has 1 atom stereocenters. The van der Waals surface area contributed by atoms with Crippen LogP contribution in [0.4, 0.5) is 0 Å². The maximum absolute atomic E-state index is 12.8. The van der Waals surface area contributed by atoms with Gasteiger partial charge in [0.15, 0.2) is 11.5 Å². The van der Waals surface area contributed by atoms with Crippen LogP contribution in [0, 0.1) is 0 Å². The maximum Gasteiger partial charge on any atom is 0.237 e. The quantitative estimate of drug-likeness (QED) is 0.850. The molecule has 1 amide bonds. The van der Waals surface area contributed by atoms with Gasteiger partial charge in [0.25, 0.3) is 0 Å². The summed E-state index contributed by atoms with van der Waals surface area (Å²) in [5, 5.41) is 0. The van der Waals surface area contributed by atoms with Crippen LogP contribution in [-0.2, 0) is 11.2 Å². The van der Waals surface area contributed by atoms with Crippen LogP contribution in [0.25, 0.3) is 0 Å². The van der Waals surface area contributed by atoms with Crippen molar-refractivity contribution in [2.75, 3.05) is 40.4 Å². The molecule has 0 aromatic heterocycles. The van der Waals surface area contributed by atoms with Crippen molar-refractivity contribution in [1.82, 2.24) is 9.80 Å². The zero-order valence-electron chi connectivity index (χ0n) is 15.0. The number of hydrogen-bond acceptors (Lipinski definition) is 4. The van der Waals surface area contributed by atoms with E-state index in [9.17, 15) is 4.79 Å². The molecule has 0 unspecified atom stereocenters. The van der Waals surface area contributed by atoms with Crippen LogP contribution in [0.2, 0.25) is 0 Å². The SMILES string of the molecule is COc1cc2c(cc1OC)[C@H](C)N(C(=O)CN1CCCCC1)CC2. The van der Waals surface area contributed by atoms with Gasteiger partial charge in [0.05, 0.1) is 26.8 Å². The molecule has 132 valence electrons. The Kier molecular flexibility index (Phi) is 5.29. The lowest BCUT2D eigenvalue weighted by Gasteiger charge is -2.37. The molecule has 2 aliphatic rings. The summed E-state index contributed by atoms with van der Waals surface area (Å²) in [6.45, 7) is 5.53. The molecule has 1 fully saturated rings. The van der Waals surface area contributed by atoms with Gasteiger partial charge in [-0.3, -0.25) is 9.69 Å². The number of amides is 1. The highest BCUT2D eigenvalue weighted by molar-refractivity contribution is 5.79. The van der Waals surface area contributed by atoms with Crippen LogP contribution >= 0.6 is 0 Å². The molecule has 3 rings (SSSR count). The van der Waals surface area contributed by atoms with E-state index in [1.165, 1.54) is 30.4 Å². The van der Waals surface area contributed by atoms with Crippen molar-refractivity contribution in [2.24, 2.45) is 0 Å². The van der Waals surface area contributed by atoms with Gasteiger partial charge in [0, 0.05) is 6.54 Å². The minimum Gasteiger partial charge on any atom is -0.493 e. The maximum atomic E-state index is 12.8. The summed E-state index contributed by atoms with van der Waals surface area (Å²) in [7, 11) is 3.31. The Morgan fingerprint density at radius 3 is 2.42 bits per heavy atom. The van der Waals surface area contributed by atoms with Gasteiger partial charge in [-0.25, -0.2) is 0 Å². The molecule has 5 heteroatoms. The molecule has 0 saturated carbocycles. The molecule has 0 spiro atoms. The van der Waals surface area contributed by atoms with Crippen LogP contribution in [-0.4, -0.2) is 56.1 Å². The van der Waals surface area contributed by atoms with E-state index in [1.807, 2.05) is 11.0 Å². The number of methoxy groups -OCH3 is 2. The summed E-state index contributed by atoms with van der Waals surface area (Å²) in [6, 6.07) is 4.15. The van der Waals surface area contributed by atoms with Crippen molar-refractivity contribution in [3.8, 4) is 11.5 Å². The van der Waals surface area contributed by atoms with E-state index in [1.54, 1.807) is 14.2 Å². The number of likely N-dealkylation sites (tertiary alicyclic amines) is 1. The van der Waals surface area contributed by atoms with Gasteiger partial charge >= 0.3 is 0 Å². The summed E-state index contributed by atoms with van der Waals surface area (Å²) in [4.78, 5) is 17.1. The Balaban J connectivity index is 1.75. The molecule has 2 heterocycles. The minimum atomic E-state index is 0.0749. The van der Waals surface area contributed by atoms with Crippen molar-refractivity contribution in [2.45, 2.75) is 38.6 Å². The summed E-state index contributed by atoms with van der Waals surface area (Å²) in [5.74, 6) is 1.73. The zero-order chi connectivity index (χ0) is 17.1. The summed E-state index contributed by atoms with van der Waals surface area (Å²) in [6.07, 6.45) is 4.58. The Labute approximate surface area is 144 Å². The molecule has 1 aromatic carbocycles. The second kappa shape index (κ2) is 7.43. The highest BCUT2D eigenvalue weighted by atomic mass is 16.5. The van der Waals surface area contributed by atoms with Gasteiger partial charge in [-0.2, -0.15) is 0 Å². The van der Waals surface area contributed by atoms with Crippen LogP contribution < -0.4 is 9.47 Å². The number of fused-ring (bicyclic) bond motifs is 1. The lowest BCUT2D eigenvalue weighted by molar-refractivity contribution is -0.135. The smallest absolute Gasteiger partial charge is 0.237 e.